The maximum atomic E-state index is 11.9. The maximum absolute atomic E-state index is 11.9. The zero-order valence-electron chi connectivity index (χ0n) is 13.3. The molecule has 1 aromatic heterocycles. The monoisotopic (exact) mass is 291 g/mol. The van der Waals surface area contributed by atoms with E-state index in [1.807, 2.05) is 33.0 Å². The molecule has 1 N–H and O–H groups in total. The van der Waals surface area contributed by atoms with E-state index in [4.69, 9.17) is 4.74 Å². The molecule has 0 spiro atoms. The quantitative estimate of drug-likeness (QED) is 0.910. The zero-order valence-corrected chi connectivity index (χ0v) is 13.3. The van der Waals surface area contributed by atoms with Gasteiger partial charge in [-0.05, 0) is 52.7 Å². The van der Waals surface area contributed by atoms with Crippen molar-refractivity contribution in [2.45, 2.75) is 51.7 Å². The minimum atomic E-state index is -0.461. The number of alkyl carbamates (subject to hydrolysis) is 1. The van der Waals surface area contributed by atoms with Gasteiger partial charge in [-0.2, -0.15) is 0 Å². The predicted octanol–water partition coefficient (Wildman–Crippen LogP) is 2.97. The summed E-state index contributed by atoms with van der Waals surface area (Å²) in [5.41, 5.74) is 0.467. The number of nitrogens with zero attached hydrogens (tertiary/aromatic N) is 2. The number of ether oxygens (including phenoxy) is 1. The summed E-state index contributed by atoms with van der Waals surface area (Å²) >= 11 is 0. The van der Waals surface area contributed by atoms with Crippen molar-refractivity contribution in [1.29, 1.82) is 0 Å². The number of rotatable bonds is 2. The van der Waals surface area contributed by atoms with Crippen molar-refractivity contribution in [2.75, 3.05) is 18.0 Å². The molecule has 0 saturated carbocycles. The van der Waals surface area contributed by atoms with E-state index in [0.717, 1.165) is 31.6 Å². The highest BCUT2D eigenvalue weighted by Crippen LogP contribution is 2.26. The number of aromatic nitrogens is 1. The van der Waals surface area contributed by atoms with E-state index in [1.165, 1.54) is 0 Å². The van der Waals surface area contributed by atoms with Gasteiger partial charge in [-0.25, -0.2) is 4.79 Å². The number of carbonyl (C=O) groups is 1. The van der Waals surface area contributed by atoms with E-state index in [0.29, 0.717) is 0 Å². The molecule has 5 nitrogen and oxygen atoms in total. The van der Waals surface area contributed by atoms with Gasteiger partial charge in [0, 0.05) is 24.8 Å². The normalized spacial score (nSPS) is 18.2. The van der Waals surface area contributed by atoms with Crippen molar-refractivity contribution in [3.63, 3.8) is 0 Å². The lowest BCUT2D eigenvalue weighted by atomic mass is 9.89. The summed E-state index contributed by atoms with van der Waals surface area (Å²) in [7, 11) is 0. The van der Waals surface area contributed by atoms with E-state index in [1.54, 1.807) is 6.20 Å². The smallest absolute Gasteiger partial charge is 0.408 e. The SMILES string of the molecule is CC1(NC(=O)OC(C)(C)C)CCN(c2cccnc2)CC1. The van der Waals surface area contributed by atoms with Gasteiger partial charge in [0.25, 0.3) is 0 Å². The first-order valence-corrected chi connectivity index (χ1v) is 7.44. The second-order valence-electron chi connectivity index (χ2n) is 6.89. The Labute approximate surface area is 126 Å². The number of amides is 1. The third kappa shape index (κ3) is 4.62. The summed E-state index contributed by atoms with van der Waals surface area (Å²) in [6, 6.07) is 4.01. The van der Waals surface area contributed by atoms with Crippen molar-refractivity contribution >= 4 is 11.8 Å². The molecule has 116 valence electrons. The molecule has 0 aromatic carbocycles. The average Bonchev–Trinajstić information content (AvgIpc) is 2.37. The largest absolute Gasteiger partial charge is 0.444 e. The minimum absolute atomic E-state index is 0.207. The molecule has 0 unspecified atom stereocenters. The summed E-state index contributed by atoms with van der Waals surface area (Å²) in [5, 5.41) is 3.02. The molecule has 21 heavy (non-hydrogen) atoms. The third-order valence-corrected chi connectivity index (χ3v) is 3.68. The molecule has 0 atom stereocenters. The molecule has 0 bridgehead atoms. The molecule has 1 saturated heterocycles. The van der Waals surface area contributed by atoms with Crippen molar-refractivity contribution in [1.82, 2.24) is 10.3 Å². The van der Waals surface area contributed by atoms with Gasteiger partial charge >= 0.3 is 6.09 Å². The van der Waals surface area contributed by atoms with E-state index in [-0.39, 0.29) is 11.6 Å². The first-order valence-electron chi connectivity index (χ1n) is 7.44. The van der Waals surface area contributed by atoms with Crippen LogP contribution in [0.25, 0.3) is 0 Å². The maximum Gasteiger partial charge on any atom is 0.408 e. The fourth-order valence-electron chi connectivity index (χ4n) is 2.47. The van der Waals surface area contributed by atoms with Crippen LogP contribution in [0.15, 0.2) is 24.5 Å². The molecule has 1 aliphatic heterocycles. The van der Waals surface area contributed by atoms with Crippen molar-refractivity contribution in [2.24, 2.45) is 0 Å². The van der Waals surface area contributed by atoms with Crippen LogP contribution >= 0.6 is 0 Å². The molecular formula is C16H25N3O2. The lowest BCUT2D eigenvalue weighted by Gasteiger charge is -2.40. The van der Waals surface area contributed by atoms with Crippen LogP contribution < -0.4 is 10.2 Å². The van der Waals surface area contributed by atoms with Crippen molar-refractivity contribution in [3.05, 3.63) is 24.5 Å². The topological polar surface area (TPSA) is 54.5 Å². The Morgan fingerprint density at radius 3 is 2.57 bits per heavy atom. The van der Waals surface area contributed by atoms with E-state index in [2.05, 4.69) is 28.2 Å². The highest BCUT2D eigenvalue weighted by molar-refractivity contribution is 5.68. The number of pyridine rings is 1. The number of piperidine rings is 1. The second kappa shape index (κ2) is 5.92. The number of nitrogens with one attached hydrogen (secondary N) is 1. The number of anilines is 1. The average molecular weight is 291 g/mol. The fraction of sp³-hybridized carbons (Fsp3) is 0.625. The van der Waals surface area contributed by atoms with E-state index >= 15 is 0 Å². The molecule has 2 rings (SSSR count). The Bertz CT molecular complexity index is 474. The molecule has 0 aliphatic carbocycles. The Kier molecular flexibility index (Phi) is 4.40. The van der Waals surface area contributed by atoms with E-state index < -0.39 is 5.60 Å². The minimum Gasteiger partial charge on any atom is -0.444 e. The van der Waals surface area contributed by atoms with Crippen LogP contribution in [0.4, 0.5) is 10.5 Å². The summed E-state index contributed by atoms with van der Waals surface area (Å²) in [5.74, 6) is 0. The molecule has 0 radical (unpaired) electrons. The van der Waals surface area contributed by atoms with Crippen LogP contribution in [0.3, 0.4) is 0 Å². The number of hydrogen-bond donors (Lipinski definition) is 1. The van der Waals surface area contributed by atoms with Gasteiger partial charge < -0.3 is 15.0 Å². The van der Waals surface area contributed by atoms with Crippen molar-refractivity contribution in [3.8, 4) is 0 Å². The van der Waals surface area contributed by atoms with Gasteiger partial charge in [-0.1, -0.05) is 0 Å². The van der Waals surface area contributed by atoms with Crippen LogP contribution in [-0.2, 0) is 4.74 Å². The molecule has 1 fully saturated rings. The predicted molar refractivity (Wildman–Crippen MR) is 83.5 cm³/mol. The van der Waals surface area contributed by atoms with Crippen LogP contribution in [0.5, 0.6) is 0 Å². The zero-order chi connectivity index (χ0) is 15.5. The molecular weight excluding hydrogens is 266 g/mol. The van der Waals surface area contributed by atoms with Crippen LogP contribution in [0, 0.1) is 0 Å². The van der Waals surface area contributed by atoms with Gasteiger partial charge in [0.15, 0.2) is 0 Å². The molecule has 1 amide bonds. The Hall–Kier alpha value is -1.78. The van der Waals surface area contributed by atoms with Gasteiger partial charge in [-0.15, -0.1) is 0 Å². The standard InChI is InChI=1S/C16H25N3O2/c1-15(2,3)21-14(20)18-16(4)7-10-19(11-8-16)13-6-5-9-17-12-13/h5-6,9,12H,7-8,10-11H2,1-4H3,(H,18,20). The van der Waals surface area contributed by atoms with E-state index in [9.17, 15) is 4.79 Å². The van der Waals surface area contributed by atoms with Crippen LogP contribution in [0.2, 0.25) is 0 Å². The van der Waals surface area contributed by atoms with Gasteiger partial charge in [0.2, 0.25) is 0 Å². The summed E-state index contributed by atoms with van der Waals surface area (Å²) in [6.07, 6.45) is 5.10. The van der Waals surface area contributed by atoms with Gasteiger partial charge in [0.1, 0.15) is 5.60 Å². The first kappa shape index (κ1) is 15.6. The summed E-state index contributed by atoms with van der Waals surface area (Å²) < 4.78 is 5.34. The molecule has 1 aromatic rings. The highest BCUT2D eigenvalue weighted by Gasteiger charge is 2.33. The Morgan fingerprint density at radius 2 is 2.05 bits per heavy atom. The summed E-state index contributed by atoms with van der Waals surface area (Å²) in [4.78, 5) is 18.4. The van der Waals surface area contributed by atoms with Crippen LogP contribution in [0.1, 0.15) is 40.5 Å². The van der Waals surface area contributed by atoms with Gasteiger partial charge in [-0.3, -0.25) is 4.98 Å². The fourth-order valence-corrected chi connectivity index (χ4v) is 2.47. The number of hydrogen-bond acceptors (Lipinski definition) is 4. The lowest BCUT2D eigenvalue weighted by molar-refractivity contribution is 0.0448. The highest BCUT2D eigenvalue weighted by atomic mass is 16.6. The van der Waals surface area contributed by atoms with Crippen LogP contribution in [-0.4, -0.2) is 35.3 Å². The summed E-state index contributed by atoms with van der Waals surface area (Å²) in [6.45, 7) is 9.51. The van der Waals surface area contributed by atoms with Crippen molar-refractivity contribution < 1.29 is 9.53 Å². The molecule has 5 heteroatoms. The second-order valence-corrected chi connectivity index (χ2v) is 6.89. The van der Waals surface area contributed by atoms with Gasteiger partial charge in [0.05, 0.1) is 11.9 Å². The number of carbonyl (C=O) groups excluding carboxylic acids is 1. The first-order chi connectivity index (χ1) is 9.77. The Morgan fingerprint density at radius 1 is 1.38 bits per heavy atom. The molecule has 2 heterocycles. The molecule has 1 aliphatic rings. The Balaban J connectivity index is 1.89. The lowest BCUT2D eigenvalue weighted by Crippen LogP contribution is -2.54. The third-order valence-electron chi connectivity index (χ3n) is 3.68.